The normalized spacial score (nSPS) is 11.4. The van der Waals surface area contributed by atoms with E-state index in [0.717, 1.165) is 36.4 Å². The minimum atomic E-state index is -1.50. The SMILES string of the molecule is CCCC(Cc1ccc(Cl)cc1Cl)Cn1cncn1.O=[N+]([O-])O. The maximum atomic E-state index is 8.36. The summed E-state index contributed by atoms with van der Waals surface area (Å²) in [4.78, 5) is 12.3. The van der Waals surface area contributed by atoms with Crippen LogP contribution in [-0.2, 0) is 13.0 Å². The lowest BCUT2D eigenvalue weighted by Crippen LogP contribution is -2.14. The zero-order valence-electron chi connectivity index (χ0n) is 12.6. The molecule has 2 aromatic rings. The molecular weight excluding hydrogens is 343 g/mol. The first kappa shape index (κ1) is 19.2. The van der Waals surface area contributed by atoms with Crippen molar-refractivity contribution in [2.45, 2.75) is 32.7 Å². The van der Waals surface area contributed by atoms with Gasteiger partial charge in [-0.3, -0.25) is 4.68 Å². The quantitative estimate of drug-likeness (QED) is 0.622. The molecule has 9 heteroatoms. The molecule has 7 nitrogen and oxygen atoms in total. The van der Waals surface area contributed by atoms with E-state index in [4.69, 9.17) is 38.5 Å². The monoisotopic (exact) mass is 360 g/mol. The van der Waals surface area contributed by atoms with Gasteiger partial charge in [0.05, 0.1) is 0 Å². The largest absolute Gasteiger partial charge is 0.328 e. The van der Waals surface area contributed by atoms with Crippen LogP contribution in [0.5, 0.6) is 0 Å². The summed E-state index contributed by atoms with van der Waals surface area (Å²) in [7, 11) is 0. The van der Waals surface area contributed by atoms with E-state index in [0.29, 0.717) is 10.9 Å². The number of nitrogens with zero attached hydrogens (tertiary/aromatic N) is 4. The van der Waals surface area contributed by atoms with E-state index in [2.05, 4.69) is 17.0 Å². The van der Waals surface area contributed by atoms with E-state index >= 15 is 0 Å². The van der Waals surface area contributed by atoms with Crippen molar-refractivity contribution in [1.29, 1.82) is 0 Å². The summed E-state index contributed by atoms with van der Waals surface area (Å²) >= 11 is 12.2. The molecular formula is C14H18Cl2N4O3. The fourth-order valence-electron chi connectivity index (χ4n) is 2.26. The van der Waals surface area contributed by atoms with Crippen LogP contribution < -0.4 is 0 Å². The van der Waals surface area contributed by atoms with Crippen molar-refractivity contribution in [3.05, 3.63) is 56.6 Å². The van der Waals surface area contributed by atoms with E-state index in [9.17, 15) is 0 Å². The van der Waals surface area contributed by atoms with Gasteiger partial charge >= 0.3 is 0 Å². The number of halogens is 2. The molecule has 0 aliphatic heterocycles. The Balaban J connectivity index is 0.000000593. The van der Waals surface area contributed by atoms with Crippen molar-refractivity contribution >= 4 is 23.2 Å². The van der Waals surface area contributed by atoms with Crippen LogP contribution in [0.15, 0.2) is 30.9 Å². The highest BCUT2D eigenvalue weighted by atomic mass is 35.5. The Morgan fingerprint density at radius 1 is 1.43 bits per heavy atom. The Hall–Kier alpha value is -1.86. The van der Waals surface area contributed by atoms with Gasteiger partial charge < -0.3 is 5.21 Å². The Morgan fingerprint density at radius 3 is 2.65 bits per heavy atom. The number of rotatable bonds is 6. The van der Waals surface area contributed by atoms with Crippen LogP contribution in [0, 0.1) is 16.0 Å². The average molecular weight is 361 g/mol. The molecule has 0 bridgehead atoms. The van der Waals surface area contributed by atoms with E-state index in [1.807, 2.05) is 16.8 Å². The molecule has 126 valence electrons. The Bertz CT molecular complexity index is 604. The summed E-state index contributed by atoms with van der Waals surface area (Å²) in [6, 6.07) is 5.70. The van der Waals surface area contributed by atoms with Crippen LogP contribution >= 0.6 is 23.2 Å². The van der Waals surface area contributed by atoms with Crippen molar-refractivity contribution in [1.82, 2.24) is 14.8 Å². The van der Waals surface area contributed by atoms with Crippen molar-refractivity contribution < 1.29 is 10.3 Å². The number of aromatic nitrogens is 3. The second-order valence-electron chi connectivity index (χ2n) is 4.95. The molecule has 0 fully saturated rings. The average Bonchev–Trinajstić information content (AvgIpc) is 2.94. The molecule has 0 amide bonds. The second kappa shape index (κ2) is 10.0. The molecule has 0 aliphatic carbocycles. The first-order chi connectivity index (χ1) is 10.9. The Morgan fingerprint density at radius 2 is 2.13 bits per heavy atom. The van der Waals surface area contributed by atoms with Gasteiger partial charge in [0.25, 0.3) is 5.09 Å². The fraction of sp³-hybridized carbons (Fsp3) is 0.429. The minimum Gasteiger partial charge on any atom is -0.328 e. The molecule has 2 rings (SSSR count). The minimum absolute atomic E-state index is 0.505. The topological polar surface area (TPSA) is 94.1 Å². The molecule has 1 aromatic heterocycles. The summed E-state index contributed by atoms with van der Waals surface area (Å²) < 4.78 is 1.88. The van der Waals surface area contributed by atoms with Crippen LogP contribution in [0.1, 0.15) is 25.3 Å². The van der Waals surface area contributed by atoms with Crippen molar-refractivity contribution in [3.8, 4) is 0 Å². The van der Waals surface area contributed by atoms with E-state index in [1.54, 1.807) is 18.7 Å². The summed E-state index contributed by atoms with van der Waals surface area (Å²) in [5.74, 6) is 0.505. The van der Waals surface area contributed by atoms with E-state index < -0.39 is 5.09 Å². The van der Waals surface area contributed by atoms with E-state index in [1.165, 1.54) is 0 Å². The molecule has 0 spiro atoms. The molecule has 1 aromatic carbocycles. The molecule has 1 unspecified atom stereocenters. The molecule has 0 aliphatic rings. The first-order valence-corrected chi connectivity index (χ1v) is 7.77. The van der Waals surface area contributed by atoms with Crippen molar-refractivity contribution in [3.63, 3.8) is 0 Å². The van der Waals surface area contributed by atoms with Crippen LogP contribution in [0.4, 0.5) is 0 Å². The smallest absolute Gasteiger partial charge is 0.291 e. The molecule has 1 atom stereocenters. The van der Waals surface area contributed by atoms with Gasteiger partial charge in [-0.05, 0) is 36.5 Å². The van der Waals surface area contributed by atoms with Gasteiger partial charge in [-0.2, -0.15) is 5.10 Å². The maximum Gasteiger partial charge on any atom is 0.291 e. The Kier molecular flexibility index (Phi) is 8.36. The molecule has 1 heterocycles. The molecule has 0 saturated heterocycles. The molecule has 0 saturated carbocycles. The van der Waals surface area contributed by atoms with Crippen molar-refractivity contribution in [2.75, 3.05) is 0 Å². The lowest BCUT2D eigenvalue weighted by Gasteiger charge is -2.17. The van der Waals surface area contributed by atoms with Gasteiger partial charge in [0.1, 0.15) is 12.7 Å². The van der Waals surface area contributed by atoms with Gasteiger partial charge in [0.15, 0.2) is 0 Å². The highest BCUT2D eigenvalue weighted by Gasteiger charge is 2.12. The summed E-state index contributed by atoms with van der Waals surface area (Å²) in [6.45, 7) is 3.06. The number of benzene rings is 1. The lowest BCUT2D eigenvalue weighted by molar-refractivity contribution is -0.742. The number of hydrogen-bond acceptors (Lipinski definition) is 4. The van der Waals surface area contributed by atoms with Gasteiger partial charge in [-0.25, -0.2) is 4.98 Å². The van der Waals surface area contributed by atoms with Crippen LogP contribution in [0.25, 0.3) is 0 Å². The molecule has 0 radical (unpaired) electrons. The predicted octanol–water partition coefficient (Wildman–Crippen LogP) is 3.90. The molecule has 23 heavy (non-hydrogen) atoms. The third-order valence-electron chi connectivity index (χ3n) is 3.13. The first-order valence-electron chi connectivity index (χ1n) is 7.02. The lowest BCUT2D eigenvalue weighted by atomic mass is 9.95. The standard InChI is InChI=1S/C14H17Cl2N3.HNO3/c1-2-3-11(8-19-10-17-9-18-19)6-12-4-5-13(15)7-14(12)16;2-1(3)4/h4-5,7,9-11H,2-3,6,8H2,1H3;(H,2,3,4). The van der Waals surface area contributed by atoms with Crippen LogP contribution in [0.2, 0.25) is 10.0 Å². The van der Waals surface area contributed by atoms with Gasteiger partial charge in [-0.15, -0.1) is 10.1 Å². The maximum absolute atomic E-state index is 8.36. The summed E-state index contributed by atoms with van der Waals surface area (Å²) in [5, 5.41) is 19.2. The third-order valence-corrected chi connectivity index (χ3v) is 3.72. The Labute approximate surface area is 144 Å². The second-order valence-corrected chi connectivity index (χ2v) is 5.79. The number of hydrogen-bond donors (Lipinski definition) is 1. The fourth-order valence-corrected chi connectivity index (χ4v) is 2.74. The van der Waals surface area contributed by atoms with Gasteiger partial charge in [-0.1, -0.05) is 42.6 Å². The van der Waals surface area contributed by atoms with Gasteiger partial charge in [0, 0.05) is 16.6 Å². The highest BCUT2D eigenvalue weighted by molar-refractivity contribution is 6.35. The third kappa shape index (κ3) is 7.80. The van der Waals surface area contributed by atoms with E-state index in [-0.39, 0.29) is 0 Å². The molecule has 1 N–H and O–H groups in total. The predicted molar refractivity (Wildman–Crippen MR) is 87.4 cm³/mol. The van der Waals surface area contributed by atoms with Crippen LogP contribution in [0.3, 0.4) is 0 Å². The summed E-state index contributed by atoms with van der Waals surface area (Å²) in [5.41, 5.74) is 1.14. The zero-order valence-corrected chi connectivity index (χ0v) is 14.1. The zero-order chi connectivity index (χ0) is 17.2. The highest BCUT2D eigenvalue weighted by Crippen LogP contribution is 2.25. The summed E-state index contributed by atoms with van der Waals surface area (Å²) in [6.07, 6.45) is 6.54. The van der Waals surface area contributed by atoms with Crippen LogP contribution in [-0.4, -0.2) is 25.1 Å². The van der Waals surface area contributed by atoms with Gasteiger partial charge in [0.2, 0.25) is 0 Å². The van der Waals surface area contributed by atoms with Crippen molar-refractivity contribution in [2.24, 2.45) is 5.92 Å².